The van der Waals surface area contributed by atoms with E-state index in [9.17, 15) is 0 Å². The van der Waals surface area contributed by atoms with Gasteiger partial charge in [-0.15, -0.1) is 11.3 Å². The summed E-state index contributed by atoms with van der Waals surface area (Å²) < 4.78 is 0. The van der Waals surface area contributed by atoms with Gasteiger partial charge in [-0.05, 0) is 38.2 Å². The van der Waals surface area contributed by atoms with Gasteiger partial charge >= 0.3 is 0 Å². The van der Waals surface area contributed by atoms with E-state index in [0.717, 1.165) is 24.8 Å². The van der Waals surface area contributed by atoms with Crippen LogP contribution in [0.2, 0.25) is 0 Å². The van der Waals surface area contributed by atoms with Gasteiger partial charge in [-0.3, -0.25) is 0 Å². The summed E-state index contributed by atoms with van der Waals surface area (Å²) in [7, 11) is 0. The Labute approximate surface area is 118 Å². The molecule has 0 unspecified atom stereocenters. The Morgan fingerprint density at radius 3 is 2.72 bits per heavy atom. The largest absolute Gasteiger partial charge is 0.349 e. The molecule has 3 nitrogen and oxygen atoms in total. The zero-order valence-corrected chi connectivity index (χ0v) is 12.9. The highest BCUT2D eigenvalue weighted by atomic mass is 32.2. The summed E-state index contributed by atoms with van der Waals surface area (Å²) in [6.07, 6.45) is 4.65. The normalized spacial score (nSPS) is 17.0. The molecule has 1 aromatic rings. The summed E-state index contributed by atoms with van der Waals surface area (Å²) in [5, 5.41) is 4.83. The van der Waals surface area contributed by atoms with Crippen molar-refractivity contribution in [2.24, 2.45) is 0 Å². The standard InChI is InChI=1S/C13H23N3S2/c1-3-16(4-2)13-15-10-12(18-13)9-14-11-5-7-17-8-6-11/h10-11,14H,3-9H2,1-2H3. The monoisotopic (exact) mass is 285 g/mol. The number of aromatic nitrogens is 1. The van der Waals surface area contributed by atoms with Gasteiger partial charge in [-0.1, -0.05) is 0 Å². The first-order chi connectivity index (χ1) is 8.83. The van der Waals surface area contributed by atoms with E-state index in [1.165, 1.54) is 29.2 Å². The van der Waals surface area contributed by atoms with Gasteiger partial charge in [0.15, 0.2) is 5.13 Å². The van der Waals surface area contributed by atoms with Gasteiger partial charge in [-0.2, -0.15) is 11.8 Å². The molecular formula is C13H23N3S2. The molecule has 5 heteroatoms. The lowest BCUT2D eigenvalue weighted by atomic mass is 10.1. The number of nitrogens with zero attached hydrogens (tertiary/aromatic N) is 2. The van der Waals surface area contributed by atoms with Crippen LogP contribution in [0.15, 0.2) is 6.20 Å². The molecule has 1 N–H and O–H groups in total. The minimum atomic E-state index is 0.713. The number of hydrogen-bond donors (Lipinski definition) is 1. The van der Waals surface area contributed by atoms with Crippen molar-refractivity contribution in [3.8, 4) is 0 Å². The lowest BCUT2D eigenvalue weighted by molar-refractivity contribution is 0.484. The van der Waals surface area contributed by atoms with Gasteiger partial charge in [0.1, 0.15) is 0 Å². The van der Waals surface area contributed by atoms with Gasteiger partial charge in [-0.25, -0.2) is 4.98 Å². The van der Waals surface area contributed by atoms with Crippen molar-refractivity contribution in [3.63, 3.8) is 0 Å². The third-order valence-corrected chi connectivity index (χ3v) is 5.47. The summed E-state index contributed by atoms with van der Waals surface area (Å²) in [5.41, 5.74) is 0. The van der Waals surface area contributed by atoms with E-state index < -0.39 is 0 Å². The molecule has 0 bridgehead atoms. The van der Waals surface area contributed by atoms with E-state index in [1.807, 2.05) is 17.5 Å². The van der Waals surface area contributed by atoms with Crippen LogP contribution < -0.4 is 10.2 Å². The number of hydrogen-bond acceptors (Lipinski definition) is 5. The van der Waals surface area contributed by atoms with E-state index in [1.54, 1.807) is 0 Å². The second-order valence-electron chi connectivity index (χ2n) is 4.55. The number of rotatable bonds is 6. The van der Waals surface area contributed by atoms with E-state index in [0.29, 0.717) is 6.04 Å². The second-order valence-corrected chi connectivity index (χ2v) is 6.87. The van der Waals surface area contributed by atoms with Crippen molar-refractivity contribution in [3.05, 3.63) is 11.1 Å². The quantitative estimate of drug-likeness (QED) is 0.870. The van der Waals surface area contributed by atoms with Crippen molar-refractivity contribution in [2.75, 3.05) is 29.5 Å². The Morgan fingerprint density at radius 1 is 1.33 bits per heavy atom. The second kappa shape index (κ2) is 7.36. The van der Waals surface area contributed by atoms with Crippen LogP contribution >= 0.6 is 23.1 Å². The fraction of sp³-hybridized carbons (Fsp3) is 0.769. The van der Waals surface area contributed by atoms with Crippen molar-refractivity contribution >= 4 is 28.2 Å². The minimum absolute atomic E-state index is 0.713. The molecule has 0 aliphatic carbocycles. The van der Waals surface area contributed by atoms with Gasteiger partial charge in [0.25, 0.3) is 0 Å². The third-order valence-electron chi connectivity index (χ3n) is 3.36. The van der Waals surface area contributed by atoms with E-state index >= 15 is 0 Å². The van der Waals surface area contributed by atoms with Crippen molar-refractivity contribution in [1.29, 1.82) is 0 Å². The van der Waals surface area contributed by atoms with Gasteiger partial charge < -0.3 is 10.2 Å². The van der Waals surface area contributed by atoms with E-state index in [-0.39, 0.29) is 0 Å². The highest BCUT2D eigenvalue weighted by Gasteiger charge is 2.14. The molecule has 1 saturated heterocycles. The molecule has 1 fully saturated rings. The molecule has 102 valence electrons. The number of thioether (sulfide) groups is 1. The zero-order chi connectivity index (χ0) is 12.8. The molecule has 0 radical (unpaired) electrons. The van der Waals surface area contributed by atoms with Crippen LogP contribution in [-0.2, 0) is 6.54 Å². The summed E-state index contributed by atoms with van der Waals surface area (Å²) in [6, 6.07) is 0.713. The first-order valence-electron chi connectivity index (χ1n) is 6.84. The molecule has 1 aliphatic rings. The number of thiazole rings is 1. The SMILES string of the molecule is CCN(CC)c1ncc(CNC2CCSCC2)s1. The lowest BCUT2D eigenvalue weighted by Gasteiger charge is -2.22. The Hall–Kier alpha value is -0.260. The highest BCUT2D eigenvalue weighted by Crippen LogP contribution is 2.23. The fourth-order valence-electron chi connectivity index (χ4n) is 2.17. The van der Waals surface area contributed by atoms with Gasteiger partial charge in [0.05, 0.1) is 0 Å². The summed E-state index contributed by atoms with van der Waals surface area (Å²) in [5.74, 6) is 2.62. The van der Waals surface area contributed by atoms with Crippen LogP contribution in [0, 0.1) is 0 Å². The van der Waals surface area contributed by atoms with E-state index in [2.05, 4.69) is 40.8 Å². The lowest BCUT2D eigenvalue weighted by Crippen LogP contribution is -2.31. The first kappa shape index (κ1) is 14.2. The molecule has 2 heterocycles. The molecule has 18 heavy (non-hydrogen) atoms. The van der Waals surface area contributed by atoms with Crippen molar-refractivity contribution < 1.29 is 0 Å². The van der Waals surface area contributed by atoms with Crippen LogP contribution in [0.3, 0.4) is 0 Å². The van der Waals surface area contributed by atoms with Crippen LogP contribution in [0.5, 0.6) is 0 Å². The summed E-state index contributed by atoms with van der Waals surface area (Å²) >= 11 is 3.90. The first-order valence-corrected chi connectivity index (χ1v) is 8.81. The van der Waals surface area contributed by atoms with Crippen LogP contribution in [-0.4, -0.2) is 35.6 Å². The number of anilines is 1. The maximum absolute atomic E-state index is 4.52. The molecule has 0 aromatic carbocycles. The predicted molar refractivity (Wildman–Crippen MR) is 82.9 cm³/mol. The van der Waals surface area contributed by atoms with Crippen molar-refractivity contribution in [1.82, 2.24) is 10.3 Å². The molecule has 0 saturated carbocycles. The third kappa shape index (κ3) is 3.87. The number of nitrogens with one attached hydrogen (secondary N) is 1. The van der Waals surface area contributed by atoms with E-state index in [4.69, 9.17) is 0 Å². The van der Waals surface area contributed by atoms with Crippen molar-refractivity contribution in [2.45, 2.75) is 39.3 Å². The maximum atomic E-state index is 4.52. The minimum Gasteiger partial charge on any atom is -0.349 e. The topological polar surface area (TPSA) is 28.2 Å². The smallest absolute Gasteiger partial charge is 0.185 e. The molecule has 0 spiro atoms. The van der Waals surface area contributed by atoms with Crippen LogP contribution in [0.25, 0.3) is 0 Å². The summed E-state index contributed by atoms with van der Waals surface area (Å²) in [6.45, 7) is 7.42. The molecule has 0 atom stereocenters. The highest BCUT2D eigenvalue weighted by molar-refractivity contribution is 7.99. The average molecular weight is 285 g/mol. The molecule has 1 aromatic heterocycles. The molecule has 2 rings (SSSR count). The predicted octanol–water partition coefficient (Wildman–Crippen LogP) is 2.97. The van der Waals surface area contributed by atoms with Crippen LogP contribution in [0.1, 0.15) is 31.6 Å². The summed E-state index contributed by atoms with van der Waals surface area (Å²) in [4.78, 5) is 8.19. The molecule has 1 aliphatic heterocycles. The Kier molecular flexibility index (Phi) is 5.79. The maximum Gasteiger partial charge on any atom is 0.185 e. The fourth-order valence-corrected chi connectivity index (χ4v) is 4.26. The van der Waals surface area contributed by atoms with Crippen LogP contribution in [0.4, 0.5) is 5.13 Å². The Balaban J connectivity index is 1.82. The Morgan fingerprint density at radius 2 is 2.06 bits per heavy atom. The van der Waals surface area contributed by atoms with Gasteiger partial charge in [0.2, 0.25) is 0 Å². The average Bonchev–Trinajstić information content (AvgIpc) is 2.88. The van der Waals surface area contributed by atoms with Gasteiger partial charge in [0, 0.05) is 36.8 Å². The Bertz CT molecular complexity index is 344. The molecule has 0 amide bonds. The zero-order valence-electron chi connectivity index (χ0n) is 11.3. The molecular weight excluding hydrogens is 262 g/mol.